The molecule has 3 aromatic rings. The molecule has 0 spiro atoms. The van der Waals surface area contributed by atoms with Crippen LogP contribution in [0.2, 0.25) is 0 Å². The van der Waals surface area contributed by atoms with Gasteiger partial charge in [0, 0.05) is 36.7 Å². The van der Waals surface area contributed by atoms with Crippen LogP contribution in [-0.4, -0.2) is 36.0 Å². The van der Waals surface area contributed by atoms with Crippen molar-refractivity contribution in [3.8, 4) is 17.0 Å². The van der Waals surface area contributed by atoms with Crippen molar-refractivity contribution in [2.45, 2.75) is 31.6 Å². The average molecular weight is 401 g/mol. The lowest BCUT2D eigenvalue weighted by Crippen LogP contribution is -2.39. The number of aryl methyl sites for hydroxylation is 1. The highest BCUT2D eigenvalue weighted by Gasteiger charge is 2.25. The van der Waals surface area contributed by atoms with E-state index in [1.54, 1.807) is 7.11 Å². The molecule has 1 saturated heterocycles. The summed E-state index contributed by atoms with van der Waals surface area (Å²) >= 11 is 0. The number of carbonyl (C=O) groups excluding carboxylic acids is 1. The number of methoxy groups -OCH3 is 1. The van der Waals surface area contributed by atoms with Gasteiger partial charge in [-0.05, 0) is 61.2 Å². The van der Waals surface area contributed by atoms with E-state index in [-0.39, 0.29) is 11.8 Å². The largest absolute Gasteiger partial charge is 0.497 e. The number of carbonyl (C=O) groups is 1. The molecule has 4 rings (SSSR count). The smallest absolute Gasteiger partial charge is 0.222 e. The second-order valence-electron chi connectivity index (χ2n) is 7.84. The molecule has 1 amide bonds. The van der Waals surface area contributed by atoms with Crippen LogP contribution in [0.15, 0.2) is 72.8 Å². The summed E-state index contributed by atoms with van der Waals surface area (Å²) in [6, 6.07) is 24.4. The maximum Gasteiger partial charge on any atom is 0.222 e. The number of rotatable bonds is 6. The van der Waals surface area contributed by atoms with E-state index >= 15 is 0 Å². The summed E-state index contributed by atoms with van der Waals surface area (Å²) in [7, 11) is 1.67. The lowest BCUT2D eigenvalue weighted by molar-refractivity contribution is -0.132. The number of benzene rings is 2. The van der Waals surface area contributed by atoms with Gasteiger partial charge < -0.3 is 9.64 Å². The molecule has 1 aromatic heterocycles. The number of piperidine rings is 1. The normalized spacial score (nSPS) is 16.3. The summed E-state index contributed by atoms with van der Waals surface area (Å²) in [5.41, 5.74) is 4.32. The fourth-order valence-corrected chi connectivity index (χ4v) is 4.10. The molecule has 2 heterocycles. The topological polar surface area (TPSA) is 42.4 Å². The molecule has 0 aliphatic carbocycles. The van der Waals surface area contributed by atoms with Crippen molar-refractivity contribution in [2.75, 3.05) is 20.2 Å². The molecule has 4 heteroatoms. The van der Waals surface area contributed by atoms with Gasteiger partial charge in [-0.3, -0.25) is 9.78 Å². The van der Waals surface area contributed by atoms with Crippen LogP contribution in [0.3, 0.4) is 0 Å². The van der Waals surface area contributed by atoms with E-state index in [4.69, 9.17) is 9.72 Å². The minimum atomic E-state index is 0.245. The zero-order valence-corrected chi connectivity index (χ0v) is 17.5. The lowest BCUT2D eigenvalue weighted by Gasteiger charge is -2.32. The highest BCUT2D eigenvalue weighted by atomic mass is 16.5. The number of aromatic nitrogens is 1. The van der Waals surface area contributed by atoms with Crippen molar-refractivity contribution in [3.05, 3.63) is 84.1 Å². The van der Waals surface area contributed by atoms with Gasteiger partial charge >= 0.3 is 0 Å². The molecule has 0 saturated carbocycles. The van der Waals surface area contributed by atoms with Gasteiger partial charge in [-0.15, -0.1) is 0 Å². The van der Waals surface area contributed by atoms with Gasteiger partial charge in [0.1, 0.15) is 5.75 Å². The minimum Gasteiger partial charge on any atom is -0.497 e. The predicted molar refractivity (Wildman–Crippen MR) is 120 cm³/mol. The first kappa shape index (κ1) is 20.1. The fourth-order valence-electron chi connectivity index (χ4n) is 4.10. The molecule has 1 aliphatic rings. The zero-order valence-electron chi connectivity index (χ0n) is 17.5. The number of amides is 1. The second kappa shape index (κ2) is 9.57. The van der Waals surface area contributed by atoms with E-state index in [1.807, 2.05) is 53.4 Å². The third-order valence-corrected chi connectivity index (χ3v) is 5.82. The van der Waals surface area contributed by atoms with Crippen molar-refractivity contribution in [1.29, 1.82) is 0 Å². The monoisotopic (exact) mass is 400 g/mol. The molecule has 154 valence electrons. The van der Waals surface area contributed by atoms with Crippen molar-refractivity contribution < 1.29 is 9.53 Å². The van der Waals surface area contributed by atoms with Crippen LogP contribution in [0.1, 0.15) is 36.4 Å². The third-order valence-electron chi connectivity index (χ3n) is 5.82. The van der Waals surface area contributed by atoms with Crippen LogP contribution >= 0.6 is 0 Å². The van der Waals surface area contributed by atoms with Crippen molar-refractivity contribution in [1.82, 2.24) is 9.88 Å². The van der Waals surface area contributed by atoms with E-state index in [9.17, 15) is 4.79 Å². The van der Waals surface area contributed by atoms with Crippen molar-refractivity contribution in [2.24, 2.45) is 0 Å². The number of pyridine rings is 1. The predicted octanol–water partition coefficient (Wildman–Crippen LogP) is 5.10. The molecule has 0 bridgehead atoms. The Kier molecular flexibility index (Phi) is 6.43. The number of ether oxygens (including phenoxy) is 1. The van der Waals surface area contributed by atoms with Gasteiger partial charge in [-0.25, -0.2) is 0 Å². The van der Waals surface area contributed by atoms with E-state index in [0.717, 1.165) is 55.1 Å². The Morgan fingerprint density at radius 2 is 1.83 bits per heavy atom. The molecule has 4 nitrogen and oxygen atoms in total. The summed E-state index contributed by atoms with van der Waals surface area (Å²) < 4.78 is 5.25. The van der Waals surface area contributed by atoms with Gasteiger partial charge in [0.15, 0.2) is 0 Å². The van der Waals surface area contributed by atoms with Crippen LogP contribution in [0, 0.1) is 0 Å². The Morgan fingerprint density at radius 1 is 1.03 bits per heavy atom. The fraction of sp³-hybridized carbons (Fsp3) is 0.308. The van der Waals surface area contributed by atoms with Gasteiger partial charge in [0.2, 0.25) is 5.91 Å². The quantitative estimate of drug-likeness (QED) is 0.578. The maximum absolute atomic E-state index is 12.8. The number of hydrogen-bond acceptors (Lipinski definition) is 3. The summed E-state index contributed by atoms with van der Waals surface area (Å²) in [5.74, 6) is 1.37. The van der Waals surface area contributed by atoms with Crippen molar-refractivity contribution >= 4 is 5.91 Å². The molecule has 1 fully saturated rings. The first-order chi connectivity index (χ1) is 14.7. The van der Waals surface area contributed by atoms with Crippen LogP contribution in [0.5, 0.6) is 5.75 Å². The molecule has 30 heavy (non-hydrogen) atoms. The number of likely N-dealkylation sites (tertiary alicyclic amines) is 1. The molecule has 1 aliphatic heterocycles. The molecular weight excluding hydrogens is 372 g/mol. The molecule has 0 N–H and O–H groups in total. The zero-order chi connectivity index (χ0) is 20.8. The Balaban J connectivity index is 1.42. The van der Waals surface area contributed by atoms with Crippen LogP contribution in [-0.2, 0) is 11.2 Å². The van der Waals surface area contributed by atoms with Crippen LogP contribution in [0.25, 0.3) is 11.3 Å². The van der Waals surface area contributed by atoms with Crippen LogP contribution < -0.4 is 4.74 Å². The molecule has 2 aromatic carbocycles. The van der Waals surface area contributed by atoms with E-state index in [1.165, 1.54) is 5.56 Å². The van der Waals surface area contributed by atoms with E-state index in [2.05, 4.69) is 24.3 Å². The summed E-state index contributed by atoms with van der Waals surface area (Å²) in [4.78, 5) is 19.7. The third kappa shape index (κ3) is 4.88. The Hall–Kier alpha value is -3.14. The van der Waals surface area contributed by atoms with Gasteiger partial charge in [0.05, 0.1) is 12.8 Å². The number of nitrogens with zero attached hydrogens (tertiary/aromatic N) is 2. The summed E-state index contributed by atoms with van der Waals surface area (Å²) in [6.45, 7) is 1.61. The van der Waals surface area contributed by atoms with Gasteiger partial charge in [-0.1, -0.05) is 36.4 Å². The highest BCUT2D eigenvalue weighted by Crippen LogP contribution is 2.28. The van der Waals surface area contributed by atoms with Crippen molar-refractivity contribution in [3.63, 3.8) is 0 Å². The summed E-state index contributed by atoms with van der Waals surface area (Å²) in [6.07, 6.45) is 3.46. The first-order valence-electron chi connectivity index (χ1n) is 10.7. The average Bonchev–Trinajstić information content (AvgIpc) is 2.83. The Bertz CT molecular complexity index is 970. The maximum atomic E-state index is 12.8. The number of hydrogen-bond donors (Lipinski definition) is 0. The minimum absolute atomic E-state index is 0.245. The molecular formula is C26H28N2O2. The lowest BCUT2D eigenvalue weighted by atomic mass is 9.93. The summed E-state index contributed by atoms with van der Waals surface area (Å²) in [5, 5.41) is 0. The van der Waals surface area contributed by atoms with E-state index in [0.29, 0.717) is 6.42 Å². The molecule has 1 atom stereocenters. The first-order valence-corrected chi connectivity index (χ1v) is 10.7. The second-order valence-corrected chi connectivity index (χ2v) is 7.84. The van der Waals surface area contributed by atoms with Gasteiger partial charge in [0.25, 0.3) is 0 Å². The molecule has 1 unspecified atom stereocenters. The van der Waals surface area contributed by atoms with Crippen LogP contribution in [0.4, 0.5) is 0 Å². The standard InChI is InChI=1S/C26H28N2O2/c1-30-23-15-13-21(14-16-23)24-10-5-11-25(27-24)22-9-6-18-28(19-22)26(29)17-12-20-7-3-2-4-8-20/h2-5,7-8,10-11,13-16,22H,6,9,12,17-19H2,1H3. The highest BCUT2D eigenvalue weighted by molar-refractivity contribution is 5.76. The SMILES string of the molecule is COc1ccc(-c2cccc(C3CCCN(C(=O)CCc4ccccc4)C3)n2)cc1. The van der Waals surface area contributed by atoms with Gasteiger partial charge in [-0.2, -0.15) is 0 Å². The van der Waals surface area contributed by atoms with E-state index < -0.39 is 0 Å². The Morgan fingerprint density at radius 3 is 2.60 bits per heavy atom. The Labute approximate surface area is 178 Å². The molecule has 0 radical (unpaired) electrons.